The first-order valence-electron chi connectivity index (χ1n) is 7.33. The first kappa shape index (κ1) is 18.5. The van der Waals surface area contributed by atoms with E-state index in [1.54, 1.807) is 31.2 Å². The molecule has 2 amide bonds. The molecule has 1 rings (SSSR count). The van der Waals surface area contributed by atoms with Crippen molar-refractivity contribution in [3.05, 3.63) is 29.8 Å². The molecule has 7 heteroatoms. The number of rotatable bonds is 8. The molecule has 2 atom stereocenters. The van der Waals surface area contributed by atoms with E-state index in [9.17, 15) is 14.4 Å². The number of hydrogen-bond acceptors (Lipinski definition) is 4. The van der Waals surface area contributed by atoms with E-state index in [1.165, 1.54) is 7.11 Å². The molecule has 0 aliphatic rings. The smallest absolute Gasteiger partial charge is 0.326 e. The van der Waals surface area contributed by atoms with Crippen molar-refractivity contribution in [3.63, 3.8) is 0 Å². The lowest BCUT2D eigenvalue weighted by Gasteiger charge is -2.20. The predicted octanol–water partition coefficient (Wildman–Crippen LogP) is 1.04. The Bertz CT molecular complexity index is 573. The molecule has 0 radical (unpaired) electrons. The maximum Gasteiger partial charge on any atom is 0.326 e. The Hall–Kier alpha value is -2.57. The van der Waals surface area contributed by atoms with E-state index in [4.69, 9.17) is 9.84 Å². The van der Waals surface area contributed by atoms with Gasteiger partial charge in [0.1, 0.15) is 11.8 Å². The van der Waals surface area contributed by atoms with Crippen molar-refractivity contribution in [1.29, 1.82) is 0 Å². The Kier molecular flexibility index (Phi) is 7.05. The summed E-state index contributed by atoms with van der Waals surface area (Å²) in [6, 6.07) is 5.53. The maximum atomic E-state index is 12.0. The van der Waals surface area contributed by atoms with Crippen LogP contribution in [0.3, 0.4) is 0 Å². The maximum absolute atomic E-state index is 12.0. The predicted molar refractivity (Wildman–Crippen MR) is 84.3 cm³/mol. The van der Waals surface area contributed by atoms with Crippen LogP contribution in [0, 0.1) is 5.92 Å². The fraction of sp³-hybridized carbons (Fsp3) is 0.438. The van der Waals surface area contributed by atoms with Crippen molar-refractivity contribution in [3.8, 4) is 5.75 Å². The Morgan fingerprint density at radius 2 is 2.00 bits per heavy atom. The van der Waals surface area contributed by atoms with Crippen LogP contribution in [0.5, 0.6) is 5.75 Å². The Labute approximate surface area is 135 Å². The summed E-state index contributed by atoms with van der Waals surface area (Å²) in [5.41, 5.74) is 0.355. The number of hydrogen-bond donors (Lipinski definition) is 3. The van der Waals surface area contributed by atoms with Crippen LogP contribution in [-0.2, 0) is 9.59 Å². The molecule has 0 saturated heterocycles. The van der Waals surface area contributed by atoms with Gasteiger partial charge < -0.3 is 20.5 Å². The molecule has 0 aromatic heterocycles. The van der Waals surface area contributed by atoms with Crippen molar-refractivity contribution < 1.29 is 24.2 Å². The number of carbonyl (C=O) groups excluding carboxylic acids is 2. The molecule has 0 spiro atoms. The molecule has 3 N–H and O–H groups in total. The second-order valence-electron chi connectivity index (χ2n) is 5.18. The number of ether oxygens (including phenoxy) is 1. The molecular weight excluding hydrogens is 300 g/mol. The van der Waals surface area contributed by atoms with Crippen molar-refractivity contribution in [2.24, 2.45) is 5.92 Å². The number of aliphatic carboxylic acids is 1. The summed E-state index contributed by atoms with van der Waals surface area (Å²) in [6.07, 6.45) is 0.618. The third-order valence-corrected chi connectivity index (χ3v) is 3.54. The minimum atomic E-state index is -1.09. The normalized spacial score (nSPS) is 12.8. The molecule has 0 saturated carbocycles. The highest BCUT2D eigenvalue weighted by Crippen LogP contribution is 2.12. The zero-order valence-electron chi connectivity index (χ0n) is 13.5. The zero-order chi connectivity index (χ0) is 17.4. The highest BCUT2D eigenvalue weighted by Gasteiger charge is 2.25. The van der Waals surface area contributed by atoms with Gasteiger partial charge in [0.2, 0.25) is 5.91 Å². The van der Waals surface area contributed by atoms with Crippen molar-refractivity contribution in [2.45, 2.75) is 26.3 Å². The standard InChI is InChI=1S/C16H22N2O5/c1-4-10(2)14(16(21)22)18-13(19)9-17-15(20)11-6-5-7-12(8-11)23-3/h5-8,10,14H,4,9H2,1-3H3,(H,17,20)(H,18,19)(H,21,22)/t10-,14-/m0/s1. The molecule has 7 nitrogen and oxygen atoms in total. The second-order valence-corrected chi connectivity index (χ2v) is 5.18. The van der Waals surface area contributed by atoms with Crippen LogP contribution >= 0.6 is 0 Å². The quantitative estimate of drug-likeness (QED) is 0.663. The van der Waals surface area contributed by atoms with Crippen LogP contribution < -0.4 is 15.4 Å². The van der Waals surface area contributed by atoms with E-state index in [-0.39, 0.29) is 12.5 Å². The number of carboxylic acid groups (broad SMARTS) is 1. The molecule has 126 valence electrons. The van der Waals surface area contributed by atoms with Gasteiger partial charge in [-0.1, -0.05) is 26.3 Å². The van der Waals surface area contributed by atoms with Crippen LogP contribution in [0.25, 0.3) is 0 Å². The average molecular weight is 322 g/mol. The molecule has 23 heavy (non-hydrogen) atoms. The highest BCUT2D eigenvalue weighted by atomic mass is 16.5. The second kappa shape index (κ2) is 8.77. The van der Waals surface area contributed by atoms with Gasteiger partial charge in [-0.2, -0.15) is 0 Å². The SMILES string of the molecule is CC[C@H](C)[C@H](NC(=O)CNC(=O)c1cccc(OC)c1)C(=O)O. The van der Waals surface area contributed by atoms with Crippen LogP contribution in [-0.4, -0.2) is 42.6 Å². The molecule has 1 aromatic carbocycles. The molecule has 0 fully saturated rings. The van der Waals surface area contributed by atoms with Crippen LogP contribution in [0.4, 0.5) is 0 Å². The lowest BCUT2D eigenvalue weighted by Crippen LogP contribution is -2.48. The van der Waals surface area contributed by atoms with E-state index in [0.29, 0.717) is 17.7 Å². The van der Waals surface area contributed by atoms with Gasteiger partial charge in [0.15, 0.2) is 0 Å². The van der Waals surface area contributed by atoms with E-state index >= 15 is 0 Å². The summed E-state index contributed by atoms with van der Waals surface area (Å²) in [5.74, 6) is -1.74. The lowest BCUT2D eigenvalue weighted by molar-refractivity contribution is -0.143. The highest BCUT2D eigenvalue weighted by molar-refractivity contribution is 5.97. The van der Waals surface area contributed by atoms with Crippen molar-refractivity contribution in [2.75, 3.05) is 13.7 Å². The van der Waals surface area contributed by atoms with E-state index in [0.717, 1.165) is 0 Å². The Morgan fingerprint density at radius 1 is 1.30 bits per heavy atom. The summed E-state index contributed by atoms with van der Waals surface area (Å²) < 4.78 is 5.02. The van der Waals surface area contributed by atoms with Gasteiger partial charge in [0.25, 0.3) is 5.91 Å². The van der Waals surface area contributed by atoms with Gasteiger partial charge in [-0.05, 0) is 24.1 Å². The summed E-state index contributed by atoms with van der Waals surface area (Å²) >= 11 is 0. The first-order valence-corrected chi connectivity index (χ1v) is 7.33. The molecule has 0 bridgehead atoms. The molecular formula is C16H22N2O5. The number of nitrogens with one attached hydrogen (secondary N) is 2. The Morgan fingerprint density at radius 3 is 2.57 bits per heavy atom. The van der Waals surface area contributed by atoms with E-state index < -0.39 is 23.8 Å². The number of carbonyl (C=O) groups is 3. The van der Waals surface area contributed by atoms with Gasteiger partial charge in [0, 0.05) is 5.56 Å². The first-order chi connectivity index (χ1) is 10.9. The molecule has 0 unspecified atom stereocenters. The third-order valence-electron chi connectivity index (χ3n) is 3.54. The number of methoxy groups -OCH3 is 1. The summed E-state index contributed by atoms with van der Waals surface area (Å²) in [7, 11) is 1.49. The van der Waals surface area contributed by atoms with Crippen LogP contribution in [0.15, 0.2) is 24.3 Å². The van der Waals surface area contributed by atoms with Gasteiger partial charge in [-0.25, -0.2) is 4.79 Å². The van der Waals surface area contributed by atoms with E-state index in [1.807, 2.05) is 6.92 Å². The molecule has 0 heterocycles. The van der Waals surface area contributed by atoms with Crippen molar-refractivity contribution in [1.82, 2.24) is 10.6 Å². The number of amides is 2. The lowest BCUT2D eigenvalue weighted by atomic mass is 9.99. The topological polar surface area (TPSA) is 105 Å². The van der Waals surface area contributed by atoms with Gasteiger partial charge in [-0.3, -0.25) is 9.59 Å². The molecule has 0 aliphatic heterocycles. The average Bonchev–Trinajstić information content (AvgIpc) is 2.56. The zero-order valence-corrected chi connectivity index (χ0v) is 13.5. The van der Waals surface area contributed by atoms with Crippen molar-refractivity contribution >= 4 is 17.8 Å². The van der Waals surface area contributed by atoms with E-state index in [2.05, 4.69) is 10.6 Å². The fourth-order valence-electron chi connectivity index (χ4n) is 1.93. The fourth-order valence-corrected chi connectivity index (χ4v) is 1.93. The number of carboxylic acids is 1. The summed E-state index contributed by atoms with van der Waals surface area (Å²) in [6.45, 7) is 3.29. The summed E-state index contributed by atoms with van der Waals surface area (Å²) in [4.78, 5) is 34.9. The van der Waals surface area contributed by atoms with Gasteiger partial charge >= 0.3 is 5.97 Å². The minimum absolute atomic E-state index is 0.203. The molecule has 0 aliphatic carbocycles. The number of benzene rings is 1. The van der Waals surface area contributed by atoms with Gasteiger partial charge in [0.05, 0.1) is 13.7 Å². The van der Waals surface area contributed by atoms with Gasteiger partial charge in [-0.15, -0.1) is 0 Å². The minimum Gasteiger partial charge on any atom is -0.497 e. The van der Waals surface area contributed by atoms with Crippen LogP contribution in [0.2, 0.25) is 0 Å². The third kappa shape index (κ3) is 5.61. The van der Waals surface area contributed by atoms with Crippen LogP contribution in [0.1, 0.15) is 30.6 Å². The summed E-state index contributed by atoms with van der Waals surface area (Å²) in [5, 5.41) is 14.0. The Balaban J connectivity index is 2.57. The monoisotopic (exact) mass is 322 g/mol. The molecule has 1 aromatic rings. The largest absolute Gasteiger partial charge is 0.497 e.